The lowest BCUT2D eigenvalue weighted by atomic mass is 10.2. The van der Waals surface area contributed by atoms with Crippen LogP contribution in [0.15, 0.2) is 0 Å². The van der Waals surface area contributed by atoms with Gasteiger partial charge in [0.25, 0.3) is 0 Å². The number of methoxy groups -OCH3 is 1. The van der Waals surface area contributed by atoms with Crippen LogP contribution >= 0.6 is 0 Å². The van der Waals surface area contributed by atoms with Crippen molar-refractivity contribution >= 4 is 6.09 Å². The Morgan fingerprint density at radius 3 is 3.00 bits per heavy atom. The summed E-state index contributed by atoms with van der Waals surface area (Å²) in [6, 6.07) is 0.419. The van der Waals surface area contributed by atoms with Crippen LogP contribution in [0.3, 0.4) is 0 Å². The fraction of sp³-hybridized carbons (Fsp3) is 0.875. The topological polar surface area (TPSA) is 29.5 Å². The second-order valence-corrected chi connectivity index (χ2v) is 2.87. The van der Waals surface area contributed by atoms with Crippen molar-refractivity contribution in [1.29, 1.82) is 0 Å². The minimum atomic E-state index is -0.172. The molecule has 11 heavy (non-hydrogen) atoms. The first-order chi connectivity index (χ1) is 5.29. The molecule has 1 rings (SSSR count). The van der Waals surface area contributed by atoms with Crippen molar-refractivity contribution in [1.82, 2.24) is 4.90 Å². The highest BCUT2D eigenvalue weighted by Crippen LogP contribution is 2.19. The van der Waals surface area contributed by atoms with Crippen molar-refractivity contribution in [3.63, 3.8) is 0 Å². The van der Waals surface area contributed by atoms with Gasteiger partial charge in [-0.3, -0.25) is 0 Å². The quantitative estimate of drug-likeness (QED) is 0.579. The van der Waals surface area contributed by atoms with Gasteiger partial charge in [0.05, 0.1) is 7.11 Å². The first-order valence-corrected chi connectivity index (χ1v) is 4.14. The van der Waals surface area contributed by atoms with Gasteiger partial charge in [-0.25, -0.2) is 4.79 Å². The zero-order valence-electron chi connectivity index (χ0n) is 7.17. The largest absolute Gasteiger partial charge is 0.453 e. The van der Waals surface area contributed by atoms with Crippen LogP contribution in [0.1, 0.15) is 26.2 Å². The molecule has 0 aromatic rings. The van der Waals surface area contributed by atoms with Gasteiger partial charge in [-0.1, -0.05) is 6.92 Å². The van der Waals surface area contributed by atoms with Crippen LogP contribution in [-0.2, 0) is 4.74 Å². The Kier molecular flexibility index (Phi) is 2.74. The number of amides is 1. The van der Waals surface area contributed by atoms with Gasteiger partial charge >= 0.3 is 6.09 Å². The van der Waals surface area contributed by atoms with E-state index in [1.807, 2.05) is 4.90 Å². The molecule has 1 aliphatic heterocycles. The Labute approximate surface area is 67.3 Å². The summed E-state index contributed by atoms with van der Waals surface area (Å²) in [6.07, 6.45) is 3.11. The molecule has 64 valence electrons. The highest BCUT2D eigenvalue weighted by molar-refractivity contribution is 5.68. The van der Waals surface area contributed by atoms with Gasteiger partial charge in [-0.05, 0) is 19.3 Å². The van der Waals surface area contributed by atoms with E-state index < -0.39 is 0 Å². The Bertz CT molecular complexity index is 147. The standard InChI is InChI=1S/C8H15NO2/c1-3-7-5-4-6-9(7)8(10)11-2/h7H,3-6H2,1-2H3/t7-/m1/s1. The molecule has 1 fully saturated rings. The highest BCUT2D eigenvalue weighted by atomic mass is 16.5. The summed E-state index contributed by atoms with van der Waals surface area (Å²) < 4.78 is 4.65. The number of ether oxygens (including phenoxy) is 1. The van der Waals surface area contributed by atoms with Gasteiger partial charge in [-0.15, -0.1) is 0 Å². The molecule has 0 radical (unpaired) electrons. The monoisotopic (exact) mass is 157 g/mol. The average Bonchev–Trinajstić information content (AvgIpc) is 2.50. The summed E-state index contributed by atoms with van der Waals surface area (Å²) in [7, 11) is 1.44. The van der Waals surface area contributed by atoms with Crippen LogP contribution in [0, 0.1) is 0 Å². The van der Waals surface area contributed by atoms with E-state index in [1.54, 1.807) is 0 Å². The maximum absolute atomic E-state index is 11.1. The maximum Gasteiger partial charge on any atom is 0.409 e. The van der Waals surface area contributed by atoms with Crippen molar-refractivity contribution in [2.75, 3.05) is 13.7 Å². The molecule has 1 aliphatic rings. The van der Waals surface area contributed by atoms with Crippen molar-refractivity contribution in [3.05, 3.63) is 0 Å². The van der Waals surface area contributed by atoms with E-state index in [9.17, 15) is 4.79 Å². The van der Waals surface area contributed by atoms with Crippen LogP contribution in [0.2, 0.25) is 0 Å². The molecule has 1 atom stereocenters. The summed E-state index contributed by atoms with van der Waals surface area (Å²) in [6.45, 7) is 2.97. The number of rotatable bonds is 1. The van der Waals surface area contributed by atoms with Gasteiger partial charge in [0.15, 0.2) is 0 Å². The van der Waals surface area contributed by atoms with Crippen LogP contribution in [0.5, 0.6) is 0 Å². The summed E-state index contributed by atoms with van der Waals surface area (Å²) in [4.78, 5) is 12.9. The van der Waals surface area contributed by atoms with E-state index in [2.05, 4.69) is 11.7 Å². The summed E-state index contributed by atoms with van der Waals surface area (Å²) in [5, 5.41) is 0. The second kappa shape index (κ2) is 3.60. The molecule has 0 saturated carbocycles. The Hall–Kier alpha value is -0.730. The van der Waals surface area contributed by atoms with Crippen LogP contribution in [0.4, 0.5) is 4.79 Å². The van der Waals surface area contributed by atoms with Gasteiger partial charge in [-0.2, -0.15) is 0 Å². The second-order valence-electron chi connectivity index (χ2n) is 2.87. The third-order valence-electron chi connectivity index (χ3n) is 2.26. The number of hydrogen-bond acceptors (Lipinski definition) is 2. The number of carbonyl (C=O) groups is 1. The minimum absolute atomic E-state index is 0.172. The number of carbonyl (C=O) groups excluding carboxylic acids is 1. The van der Waals surface area contributed by atoms with Crippen molar-refractivity contribution in [2.45, 2.75) is 32.2 Å². The molecule has 0 aromatic heterocycles. The lowest BCUT2D eigenvalue weighted by Crippen LogP contribution is -2.34. The number of nitrogens with zero attached hydrogens (tertiary/aromatic N) is 1. The van der Waals surface area contributed by atoms with Crippen molar-refractivity contribution < 1.29 is 9.53 Å². The molecule has 1 amide bonds. The number of hydrogen-bond donors (Lipinski definition) is 0. The molecule has 0 bridgehead atoms. The first kappa shape index (κ1) is 8.37. The molecule has 0 unspecified atom stereocenters. The third-order valence-corrected chi connectivity index (χ3v) is 2.26. The average molecular weight is 157 g/mol. The Balaban J connectivity index is 2.49. The molecular weight excluding hydrogens is 142 g/mol. The first-order valence-electron chi connectivity index (χ1n) is 4.14. The molecule has 3 heteroatoms. The molecular formula is C8H15NO2. The normalized spacial score (nSPS) is 23.8. The molecule has 3 nitrogen and oxygen atoms in total. The fourth-order valence-corrected chi connectivity index (χ4v) is 1.62. The van der Waals surface area contributed by atoms with E-state index in [0.717, 1.165) is 25.8 Å². The molecule has 1 saturated heterocycles. The molecule has 1 heterocycles. The van der Waals surface area contributed by atoms with Crippen molar-refractivity contribution in [3.8, 4) is 0 Å². The van der Waals surface area contributed by atoms with E-state index in [1.165, 1.54) is 7.11 Å². The zero-order valence-corrected chi connectivity index (χ0v) is 7.17. The van der Waals surface area contributed by atoms with Gasteiger partial charge < -0.3 is 9.64 Å². The third kappa shape index (κ3) is 1.64. The van der Waals surface area contributed by atoms with E-state index in [-0.39, 0.29) is 6.09 Å². The Morgan fingerprint density at radius 1 is 1.73 bits per heavy atom. The summed E-state index contributed by atoms with van der Waals surface area (Å²) >= 11 is 0. The highest BCUT2D eigenvalue weighted by Gasteiger charge is 2.27. The van der Waals surface area contributed by atoms with E-state index in [4.69, 9.17) is 0 Å². The van der Waals surface area contributed by atoms with Gasteiger partial charge in [0.1, 0.15) is 0 Å². The SMILES string of the molecule is CC[C@@H]1CCCN1C(=O)OC. The predicted molar refractivity (Wildman–Crippen MR) is 42.4 cm³/mol. The maximum atomic E-state index is 11.1. The molecule has 0 aliphatic carbocycles. The molecule has 0 N–H and O–H groups in total. The van der Waals surface area contributed by atoms with Crippen LogP contribution in [-0.4, -0.2) is 30.7 Å². The van der Waals surface area contributed by atoms with Crippen LogP contribution < -0.4 is 0 Å². The molecule has 0 spiro atoms. The number of likely N-dealkylation sites (tertiary alicyclic amines) is 1. The Morgan fingerprint density at radius 2 is 2.45 bits per heavy atom. The van der Waals surface area contributed by atoms with Crippen LogP contribution in [0.25, 0.3) is 0 Å². The summed E-state index contributed by atoms with van der Waals surface area (Å²) in [5.41, 5.74) is 0. The van der Waals surface area contributed by atoms with E-state index in [0.29, 0.717) is 6.04 Å². The molecule has 0 aromatic carbocycles. The van der Waals surface area contributed by atoms with E-state index >= 15 is 0 Å². The lowest BCUT2D eigenvalue weighted by Gasteiger charge is -2.21. The van der Waals surface area contributed by atoms with Crippen molar-refractivity contribution in [2.24, 2.45) is 0 Å². The predicted octanol–water partition coefficient (Wildman–Crippen LogP) is 1.63. The smallest absolute Gasteiger partial charge is 0.409 e. The zero-order chi connectivity index (χ0) is 8.27. The fourth-order valence-electron chi connectivity index (χ4n) is 1.62. The minimum Gasteiger partial charge on any atom is -0.453 e. The lowest BCUT2D eigenvalue weighted by molar-refractivity contribution is 0.118. The summed E-state index contributed by atoms with van der Waals surface area (Å²) in [5.74, 6) is 0. The van der Waals surface area contributed by atoms with Gasteiger partial charge in [0.2, 0.25) is 0 Å². The van der Waals surface area contributed by atoms with Gasteiger partial charge in [0, 0.05) is 12.6 Å².